The van der Waals surface area contributed by atoms with Gasteiger partial charge in [-0.25, -0.2) is 0 Å². The lowest BCUT2D eigenvalue weighted by Crippen LogP contribution is -2.26. The Morgan fingerprint density at radius 3 is 2.08 bits per heavy atom. The quantitative estimate of drug-likeness (QED) is 0.308. The van der Waals surface area contributed by atoms with E-state index < -0.39 is 0 Å². The standard InChI is InChI=1S/C11H19NO/c1-7-9(4)10(12-13)11(5,6)8(2)3/h7,13H,2H2,1,3-6H3/b9-7-,12-10+. The van der Waals surface area contributed by atoms with Gasteiger partial charge in [0, 0.05) is 5.41 Å². The molecule has 0 amide bonds. The van der Waals surface area contributed by atoms with Crippen LogP contribution in [0, 0.1) is 5.41 Å². The summed E-state index contributed by atoms with van der Waals surface area (Å²) < 4.78 is 0. The van der Waals surface area contributed by atoms with Gasteiger partial charge in [0.25, 0.3) is 0 Å². The van der Waals surface area contributed by atoms with Gasteiger partial charge in [0.15, 0.2) is 0 Å². The van der Waals surface area contributed by atoms with E-state index in [1.165, 1.54) is 0 Å². The van der Waals surface area contributed by atoms with Crippen LogP contribution in [0.4, 0.5) is 0 Å². The lowest BCUT2D eigenvalue weighted by atomic mass is 9.78. The van der Waals surface area contributed by atoms with Gasteiger partial charge in [0.1, 0.15) is 0 Å². The Kier molecular flexibility index (Phi) is 3.92. The van der Waals surface area contributed by atoms with E-state index in [2.05, 4.69) is 11.7 Å². The van der Waals surface area contributed by atoms with Crippen LogP contribution in [0.5, 0.6) is 0 Å². The fraction of sp³-hybridized carbons (Fsp3) is 0.545. The van der Waals surface area contributed by atoms with Crippen LogP contribution in [-0.2, 0) is 0 Å². The summed E-state index contributed by atoms with van der Waals surface area (Å²) in [6.07, 6.45) is 1.93. The van der Waals surface area contributed by atoms with E-state index in [4.69, 9.17) is 5.21 Å². The van der Waals surface area contributed by atoms with Crippen LogP contribution in [0.25, 0.3) is 0 Å². The van der Waals surface area contributed by atoms with E-state index >= 15 is 0 Å². The fourth-order valence-corrected chi connectivity index (χ4v) is 1.04. The maximum atomic E-state index is 8.92. The first-order valence-corrected chi connectivity index (χ1v) is 4.39. The average Bonchev–Trinajstić information content (AvgIpc) is 2.04. The first-order chi connectivity index (χ1) is 5.87. The van der Waals surface area contributed by atoms with Gasteiger partial charge < -0.3 is 5.21 Å². The van der Waals surface area contributed by atoms with Crippen LogP contribution in [0.15, 0.2) is 29.0 Å². The largest absolute Gasteiger partial charge is 0.411 e. The second kappa shape index (κ2) is 4.26. The van der Waals surface area contributed by atoms with Gasteiger partial charge in [0.2, 0.25) is 0 Å². The molecule has 0 aliphatic carbocycles. The summed E-state index contributed by atoms with van der Waals surface area (Å²) in [5.41, 5.74) is 2.38. The minimum absolute atomic E-state index is 0.272. The summed E-state index contributed by atoms with van der Waals surface area (Å²) in [7, 11) is 0. The molecule has 0 saturated carbocycles. The molecule has 2 heteroatoms. The minimum Gasteiger partial charge on any atom is -0.411 e. The van der Waals surface area contributed by atoms with Crippen molar-refractivity contribution >= 4 is 5.71 Å². The summed E-state index contributed by atoms with van der Waals surface area (Å²) in [5.74, 6) is 0. The van der Waals surface area contributed by atoms with Crippen LogP contribution in [-0.4, -0.2) is 10.9 Å². The van der Waals surface area contributed by atoms with Crippen molar-refractivity contribution in [2.75, 3.05) is 0 Å². The molecule has 13 heavy (non-hydrogen) atoms. The van der Waals surface area contributed by atoms with Gasteiger partial charge in [0.05, 0.1) is 5.71 Å². The first kappa shape index (κ1) is 11.9. The lowest BCUT2D eigenvalue weighted by Gasteiger charge is -2.26. The normalized spacial score (nSPS) is 14.5. The second-order valence-corrected chi connectivity index (χ2v) is 3.83. The Bertz CT molecular complexity index is 259. The Morgan fingerprint density at radius 1 is 1.38 bits per heavy atom. The number of oxime groups is 1. The number of hydrogen-bond donors (Lipinski definition) is 1. The molecule has 0 rings (SSSR count). The van der Waals surface area contributed by atoms with Crippen molar-refractivity contribution in [3.8, 4) is 0 Å². The molecule has 2 nitrogen and oxygen atoms in total. The van der Waals surface area contributed by atoms with E-state index in [1.807, 2.05) is 40.7 Å². The number of allylic oxidation sites excluding steroid dienone is 3. The highest BCUT2D eigenvalue weighted by Crippen LogP contribution is 2.29. The molecule has 0 aliphatic heterocycles. The molecular weight excluding hydrogens is 162 g/mol. The lowest BCUT2D eigenvalue weighted by molar-refractivity contribution is 0.312. The Labute approximate surface area is 80.7 Å². The molecule has 0 bridgehead atoms. The maximum Gasteiger partial charge on any atom is 0.0917 e. The van der Waals surface area contributed by atoms with Crippen molar-refractivity contribution in [2.45, 2.75) is 34.6 Å². The average molecular weight is 181 g/mol. The van der Waals surface area contributed by atoms with E-state index in [0.29, 0.717) is 5.71 Å². The third-order valence-corrected chi connectivity index (χ3v) is 2.57. The summed E-state index contributed by atoms with van der Waals surface area (Å²) in [5, 5.41) is 12.3. The number of rotatable bonds is 3. The molecule has 0 aromatic rings. The Hall–Kier alpha value is -1.05. The monoisotopic (exact) mass is 181 g/mol. The first-order valence-electron chi connectivity index (χ1n) is 4.39. The molecule has 0 aromatic heterocycles. The fourth-order valence-electron chi connectivity index (χ4n) is 1.04. The smallest absolute Gasteiger partial charge is 0.0917 e. The van der Waals surface area contributed by atoms with Crippen LogP contribution in [0.2, 0.25) is 0 Å². The predicted octanol–water partition coefficient (Wildman–Crippen LogP) is 3.39. The topological polar surface area (TPSA) is 32.6 Å². The minimum atomic E-state index is -0.272. The van der Waals surface area contributed by atoms with Gasteiger partial charge in [-0.05, 0) is 26.3 Å². The summed E-state index contributed by atoms with van der Waals surface area (Å²) in [4.78, 5) is 0. The van der Waals surface area contributed by atoms with E-state index in [9.17, 15) is 0 Å². The van der Waals surface area contributed by atoms with Crippen molar-refractivity contribution < 1.29 is 5.21 Å². The molecule has 0 atom stereocenters. The van der Waals surface area contributed by atoms with Crippen molar-refractivity contribution in [3.63, 3.8) is 0 Å². The molecule has 1 N–H and O–H groups in total. The summed E-state index contributed by atoms with van der Waals surface area (Å²) in [6, 6.07) is 0. The van der Waals surface area contributed by atoms with Crippen molar-refractivity contribution in [3.05, 3.63) is 23.8 Å². The van der Waals surface area contributed by atoms with Crippen LogP contribution in [0.1, 0.15) is 34.6 Å². The Balaban J connectivity index is 5.14. The van der Waals surface area contributed by atoms with Gasteiger partial charge in [-0.1, -0.05) is 37.2 Å². The van der Waals surface area contributed by atoms with E-state index in [-0.39, 0.29) is 5.41 Å². The summed E-state index contributed by atoms with van der Waals surface area (Å²) in [6.45, 7) is 13.7. The molecule has 0 unspecified atom stereocenters. The highest BCUT2D eigenvalue weighted by molar-refractivity contribution is 6.04. The van der Waals surface area contributed by atoms with Crippen LogP contribution < -0.4 is 0 Å². The van der Waals surface area contributed by atoms with Crippen LogP contribution >= 0.6 is 0 Å². The zero-order chi connectivity index (χ0) is 10.6. The third-order valence-electron chi connectivity index (χ3n) is 2.57. The molecular formula is C11H19NO. The molecule has 74 valence electrons. The van der Waals surface area contributed by atoms with Gasteiger partial charge in [-0.2, -0.15) is 0 Å². The zero-order valence-corrected chi connectivity index (χ0v) is 9.18. The molecule has 0 aromatic carbocycles. The van der Waals surface area contributed by atoms with Crippen molar-refractivity contribution in [2.24, 2.45) is 10.6 Å². The molecule has 0 fully saturated rings. The highest BCUT2D eigenvalue weighted by Gasteiger charge is 2.27. The molecule has 0 radical (unpaired) electrons. The number of hydrogen-bond acceptors (Lipinski definition) is 2. The zero-order valence-electron chi connectivity index (χ0n) is 9.18. The van der Waals surface area contributed by atoms with Gasteiger partial charge in [-0.3, -0.25) is 0 Å². The van der Waals surface area contributed by atoms with E-state index in [0.717, 1.165) is 11.1 Å². The maximum absolute atomic E-state index is 8.92. The van der Waals surface area contributed by atoms with E-state index in [1.54, 1.807) is 0 Å². The highest BCUT2D eigenvalue weighted by atomic mass is 16.4. The third kappa shape index (κ3) is 2.44. The molecule has 0 spiro atoms. The molecule has 0 aliphatic rings. The van der Waals surface area contributed by atoms with Crippen molar-refractivity contribution in [1.29, 1.82) is 0 Å². The molecule has 0 saturated heterocycles. The van der Waals surface area contributed by atoms with Crippen molar-refractivity contribution in [1.82, 2.24) is 0 Å². The second-order valence-electron chi connectivity index (χ2n) is 3.83. The Morgan fingerprint density at radius 2 is 1.85 bits per heavy atom. The number of nitrogens with zero attached hydrogens (tertiary/aromatic N) is 1. The summed E-state index contributed by atoms with van der Waals surface area (Å²) >= 11 is 0. The SMILES string of the molecule is C=C(C)C(C)(C)C(=N/O)/C(C)=C\C. The van der Waals surface area contributed by atoms with Crippen LogP contribution in [0.3, 0.4) is 0 Å². The molecule has 0 heterocycles. The predicted molar refractivity (Wildman–Crippen MR) is 57.2 cm³/mol. The van der Waals surface area contributed by atoms with Gasteiger partial charge >= 0.3 is 0 Å². The van der Waals surface area contributed by atoms with Gasteiger partial charge in [-0.15, -0.1) is 0 Å².